The van der Waals surface area contributed by atoms with Crippen molar-refractivity contribution in [3.8, 4) is 11.3 Å². The Morgan fingerprint density at radius 2 is 1.90 bits per heavy atom. The quantitative estimate of drug-likeness (QED) is 0.692. The maximum Gasteiger partial charge on any atom is 0.234 e. The van der Waals surface area contributed by atoms with E-state index < -0.39 is 0 Å². The molecule has 2 aromatic heterocycles. The van der Waals surface area contributed by atoms with Crippen molar-refractivity contribution in [3.05, 3.63) is 45.8 Å². The third kappa shape index (κ3) is 1.98. The van der Waals surface area contributed by atoms with Gasteiger partial charge in [0.15, 0.2) is 0 Å². The minimum absolute atomic E-state index is 0.706. The van der Waals surface area contributed by atoms with Crippen molar-refractivity contribution >= 4 is 27.4 Å². The molecule has 5 heteroatoms. The molecule has 0 radical (unpaired) electrons. The summed E-state index contributed by atoms with van der Waals surface area (Å²) in [7, 11) is 0. The van der Waals surface area contributed by atoms with E-state index in [9.17, 15) is 0 Å². The second-order valence-corrected chi connectivity index (χ2v) is 5.76. The largest absolute Gasteiger partial charge is 0.398 e. The topological polar surface area (TPSA) is 56.2 Å². The number of aryl methyl sites for hydroxylation is 3. The first-order valence-electron chi connectivity index (χ1n) is 6.35. The number of nitrogens with zero attached hydrogens (tertiary/aromatic N) is 3. The Kier molecular flexibility index (Phi) is 3.01. The summed E-state index contributed by atoms with van der Waals surface area (Å²) in [6.45, 7) is 6.00. The first kappa shape index (κ1) is 13.1. The van der Waals surface area contributed by atoms with Crippen LogP contribution in [0.1, 0.15) is 17.0 Å². The fourth-order valence-electron chi connectivity index (χ4n) is 2.20. The Labute approximate surface area is 125 Å². The Balaban J connectivity index is 2.23. The minimum Gasteiger partial charge on any atom is -0.398 e. The van der Waals surface area contributed by atoms with Crippen molar-refractivity contribution < 1.29 is 0 Å². The average molecular weight is 331 g/mol. The molecule has 0 atom stereocenters. The van der Waals surface area contributed by atoms with Gasteiger partial charge in [0.05, 0.1) is 15.9 Å². The molecule has 3 rings (SSSR count). The molecule has 20 heavy (non-hydrogen) atoms. The van der Waals surface area contributed by atoms with Gasteiger partial charge < -0.3 is 5.73 Å². The van der Waals surface area contributed by atoms with Crippen LogP contribution in [0.2, 0.25) is 0 Å². The van der Waals surface area contributed by atoms with Gasteiger partial charge in [-0.3, -0.25) is 4.40 Å². The lowest BCUT2D eigenvalue weighted by Gasteiger charge is -2.04. The summed E-state index contributed by atoms with van der Waals surface area (Å²) in [6, 6.07) is 6.00. The van der Waals surface area contributed by atoms with Crippen LogP contribution < -0.4 is 5.73 Å². The number of imidazole rings is 1. The van der Waals surface area contributed by atoms with E-state index in [-0.39, 0.29) is 0 Å². The standard InChI is InChI=1S/C15H15BrN4/c1-8-4-5-11(6-12(8)17)13-7-20-10(3)14(16)9(2)18-15(20)19-13/h4-7H,17H2,1-3H3. The van der Waals surface area contributed by atoms with E-state index in [1.807, 2.05) is 49.6 Å². The summed E-state index contributed by atoms with van der Waals surface area (Å²) < 4.78 is 3.00. The van der Waals surface area contributed by atoms with Crippen molar-refractivity contribution in [2.45, 2.75) is 20.8 Å². The van der Waals surface area contributed by atoms with Crippen LogP contribution in [-0.2, 0) is 0 Å². The maximum atomic E-state index is 5.97. The van der Waals surface area contributed by atoms with Crippen LogP contribution >= 0.6 is 15.9 Å². The van der Waals surface area contributed by atoms with Gasteiger partial charge in [-0.05, 0) is 48.3 Å². The van der Waals surface area contributed by atoms with Gasteiger partial charge in [-0.1, -0.05) is 12.1 Å². The molecule has 0 amide bonds. The van der Waals surface area contributed by atoms with Crippen molar-refractivity contribution in [2.75, 3.05) is 5.73 Å². The van der Waals surface area contributed by atoms with E-state index in [1.54, 1.807) is 0 Å². The molecule has 0 aliphatic carbocycles. The van der Waals surface area contributed by atoms with Gasteiger partial charge in [0.25, 0.3) is 0 Å². The number of aromatic nitrogens is 3. The second-order valence-electron chi connectivity index (χ2n) is 4.96. The van der Waals surface area contributed by atoms with Crippen LogP contribution in [0.3, 0.4) is 0 Å². The van der Waals surface area contributed by atoms with E-state index in [2.05, 4.69) is 25.9 Å². The fourth-order valence-corrected chi connectivity index (χ4v) is 2.48. The monoisotopic (exact) mass is 330 g/mol. The molecule has 0 saturated carbocycles. The second kappa shape index (κ2) is 4.59. The van der Waals surface area contributed by atoms with Crippen LogP contribution in [0, 0.1) is 20.8 Å². The number of hydrogen-bond donors (Lipinski definition) is 1. The normalized spacial score (nSPS) is 11.2. The predicted molar refractivity (Wildman–Crippen MR) is 84.7 cm³/mol. The molecular weight excluding hydrogens is 316 g/mol. The van der Waals surface area contributed by atoms with E-state index in [1.165, 1.54) is 0 Å². The van der Waals surface area contributed by atoms with Crippen LogP contribution in [-0.4, -0.2) is 14.4 Å². The first-order valence-corrected chi connectivity index (χ1v) is 7.15. The fraction of sp³-hybridized carbons (Fsp3) is 0.200. The third-order valence-electron chi connectivity index (χ3n) is 3.53. The van der Waals surface area contributed by atoms with Gasteiger partial charge in [-0.15, -0.1) is 0 Å². The average Bonchev–Trinajstić information content (AvgIpc) is 2.83. The smallest absolute Gasteiger partial charge is 0.234 e. The maximum absolute atomic E-state index is 5.97. The van der Waals surface area contributed by atoms with E-state index in [4.69, 9.17) is 5.73 Å². The lowest BCUT2D eigenvalue weighted by molar-refractivity contribution is 0.996. The van der Waals surface area contributed by atoms with Gasteiger partial charge in [-0.2, -0.15) is 0 Å². The molecule has 0 aliphatic heterocycles. The van der Waals surface area contributed by atoms with Gasteiger partial charge >= 0.3 is 0 Å². The number of fused-ring (bicyclic) bond motifs is 1. The summed E-state index contributed by atoms with van der Waals surface area (Å²) in [5.74, 6) is 0.706. The number of benzene rings is 1. The van der Waals surface area contributed by atoms with Gasteiger partial charge in [0.1, 0.15) is 0 Å². The van der Waals surface area contributed by atoms with Crippen LogP contribution in [0.4, 0.5) is 5.69 Å². The molecule has 0 fully saturated rings. The zero-order chi connectivity index (χ0) is 14.4. The summed E-state index contributed by atoms with van der Waals surface area (Å²) in [6.07, 6.45) is 1.99. The molecule has 0 aliphatic rings. The Morgan fingerprint density at radius 1 is 1.15 bits per heavy atom. The minimum atomic E-state index is 0.706. The van der Waals surface area contributed by atoms with E-state index >= 15 is 0 Å². The van der Waals surface area contributed by atoms with Crippen molar-refractivity contribution in [3.63, 3.8) is 0 Å². The van der Waals surface area contributed by atoms with E-state index in [0.717, 1.165) is 38.4 Å². The van der Waals surface area contributed by atoms with Gasteiger partial charge in [-0.25, -0.2) is 9.97 Å². The van der Waals surface area contributed by atoms with Gasteiger partial charge in [0.2, 0.25) is 5.78 Å². The highest BCUT2D eigenvalue weighted by Crippen LogP contribution is 2.26. The van der Waals surface area contributed by atoms with Gasteiger partial charge in [0, 0.05) is 23.1 Å². The summed E-state index contributed by atoms with van der Waals surface area (Å²) >= 11 is 3.56. The highest BCUT2D eigenvalue weighted by molar-refractivity contribution is 9.10. The Bertz CT molecular complexity index is 820. The van der Waals surface area contributed by atoms with Crippen LogP contribution in [0.15, 0.2) is 28.9 Å². The summed E-state index contributed by atoms with van der Waals surface area (Å²) in [5.41, 5.74) is 11.7. The lowest BCUT2D eigenvalue weighted by Crippen LogP contribution is -1.97. The molecule has 0 saturated heterocycles. The Morgan fingerprint density at radius 3 is 2.60 bits per heavy atom. The predicted octanol–water partition coefficient (Wildman–Crippen LogP) is 3.67. The number of halogens is 1. The molecule has 0 spiro atoms. The highest BCUT2D eigenvalue weighted by atomic mass is 79.9. The number of anilines is 1. The van der Waals surface area contributed by atoms with Crippen molar-refractivity contribution in [2.24, 2.45) is 0 Å². The number of nitrogen functional groups attached to an aromatic ring is 1. The zero-order valence-electron chi connectivity index (χ0n) is 11.6. The number of nitrogens with two attached hydrogens (primary N) is 1. The van der Waals surface area contributed by atoms with E-state index in [0.29, 0.717) is 5.78 Å². The lowest BCUT2D eigenvalue weighted by atomic mass is 10.1. The van der Waals surface area contributed by atoms with Crippen LogP contribution in [0.5, 0.6) is 0 Å². The molecule has 4 nitrogen and oxygen atoms in total. The molecular formula is C15H15BrN4. The first-order chi connectivity index (χ1) is 9.47. The summed E-state index contributed by atoms with van der Waals surface area (Å²) in [4.78, 5) is 9.09. The molecule has 0 unspecified atom stereocenters. The van der Waals surface area contributed by atoms with Crippen molar-refractivity contribution in [1.82, 2.24) is 14.4 Å². The molecule has 3 aromatic rings. The molecule has 0 bridgehead atoms. The Hall–Kier alpha value is -1.88. The molecule has 1 aromatic carbocycles. The molecule has 2 heterocycles. The molecule has 102 valence electrons. The third-order valence-corrected chi connectivity index (χ3v) is 4.67. The van der Waals surface area contributed by atoms with Crippen LogP contribution in [0.25, 0.3) is 17.0 Å². The number of rotatable bonds is 1. The summed E-state index contributed by atoms with van der Waals surface area (Å²) in [5, 5.41) is 0. The SMILES string of the molecule is Cc1ccc(-c2cn3c(C)c(Br)c(C)nc3n2)cc1N. The zero-order valence-corrected chi connectivity index (χ0v) is 13.2. The molecule has 2 N–H and O–H groups in total. The highest BCUT2D eigenvalue weighted by Gasteiger charge is 2.11. The number of hydrogen-bond acceptors (Lipinski definition) is 3. The van der Waals surface area contributed by atoms with Crippen molar-refractivity contribution in [1.29, 1.82) is 0 Å².